The van der Waals surface area contributed by atoms with E-state index in [0.717, 1.165) is 55.5 Å². The van der Waals surface area contributed by atoms with Crippen LogP contribution in [0.2, 0.25) is 0 Å². The van der Waals surface area contributed by atoms with E-state index in [1.807, 2.05) is 12.1 Å². The number of methoxy groups -OCH3 is 1. The molecule has 0 fully saturated rings. The van der Waals surface area contributed by atoms with Crippen LogP contribution in [0.15, 0.2) is 47.4 Å². The fraction of sp³-hybridized carbons (Fsp3) is 0.538. The quantitative estimate of drug-likeness (QED) is 0.468. The molecule has 0 unspecified atom stereocenters. The Kier molecular flexibility index (Phi) is 8.31. The number of unbranched alkanes of at least 4 members (excludes halogenated alkanes) is 2. The van der Waals surface area contributed by atoms with Crippen LogP contribution in [-0.4, -0.2) is 38.0 Å². The predicted octanol–water partition coefficient (Wildman–Crippen LogP) is 5.98. The maximum atomic E-state index is 12.0. The maximum absolute atomic E-state index is 12.0. The molecule has 4 nitrogen and oxygen atoms in total. The molecule has 0 aliphatic carbocycles. The Hall–Kier alpha value is -1.69. The van der Waals surface area contributed by atoms with Gasteiger partial charge in [0.05, 0.1) is 18.8 Å². The van der Waals surface area contributed by atoms with Crippen molar-refractivity contribution in [2.45, 2.75) is 74.8 Å². The summed E-state index contributed by atoms with van der Waals surface area (Å²) in [6.07, 6.45) is 5.87. The molecule has 0 radical (unpaired) electrons. The first kappa shape index (κ1) is 24.0. The van der Waals surface area contributed by atoms with E-state index in [0.29, 0.717) is 0 Å². The molecule has 5 heteroatoms. The van der Waals surface area contributed by atoms with Gasteiger partial charge in [0, 0.05) is 30.6 Å². The van der Waals surface area contributed by atoms with Crippen molar-refractivity contribution in [3.05, 3.63) is 53.6 Å². The highest BCUT2D eigenvalue weighted by Gasteiger charge is 2.45. The van der Waals surface area contributed by atoms with E-state index < -0.39 is 6.10 Å². The zero-order valence-corrected chi connectivity index (χ0v) is 20.5. The molecule has 0 bridgehead atoms. The van der Waals surface area contributed by atoms with E-state index in [-0.39, 0.29) is 11.5 Å². The van der Waals surface area contributed by atoms with Crippen molar-refractivity contribution < 1.29 is 9.84 Å². The summed E-state index contributed by atoms with van der Waals surface area (Å²) in [6.45, 7) is 4.45. The Bertz CT molecular complexity index is 830. The van der Waals surface area contributed by atoms with Crippen molar-refractivity contribution in [1.82, 2.24) is 4.72 Å². The smallest absolute Gasteiger partial charge is 0.118 e. The van der Waals surface area contributed by atoms with Gasteiger partial charge >= 0.3 is 0 Å². The van der Waals surface area contributed by atoms with Crippen LogP contribution >= 0.6 is 11.9 Å². The van der Waals surface area contributed by atoms with Gasteiger partial charge in [-0.3, -0.25) is 4.72 Å². The maximum Gasteiger partial charge on any atom is 0.118 e. The van der Waals surface area contributed by atoms with Gasteiger partial charge in [-0.05, 0) is 66.2 Å². The lowest BCUT2D eigenvalue weighted by Crippen LogP contribution is -2.53. The van der Waals surface area contributed by atoms with Crippen molar-refractivity contribution in [2.75, 3.05) is 26.1 Å². The monoisotopic (exact) mass is 442 g/mol. The molecule has 1 heterocycles. The fourth-order valence-corrected chi connectivity index (χ4v) is 5.61. The van der Waals surface area contributed by atoms with Gasteiger partial charge in [-0.1, -0.05) is 51.7 Å². The minimum absolute atomic E-state index is 0.1000. The molecule has 2 aromatic rings. The van der Waals surface area contributed by atoms with Crippen LogP contribution in [0.4, 0.5) is 5.69 Å². The zero-order chi connectivity index (χ0) is 22.4. The minimum Gasteiger partial charge on any atom is -0.497 e. The van der Waals surface area contributed by atoms with Crippen LogP contribution in [-0.2, 0) is 0 Å². The third-order valence-corrected chi connectivity index (χ3v) is 7.62. The Balaban J connectivity index is 2.14. The van der Waals surface area contributed by atoms with Crippen LogP contribution in [0.1, 0.15) is 69.4 Å². The van der Waals surface area contributed by atoms with Gasteiger partial charge in [-0.15, -0.1) is 0 Å². The molecule has 0 amide bonds. The lowest BCUT2D eigenvalue weighted by molar-refractivity contribution is 0.0483. The number of ether oxygens (including phenoxy) is 1. The Morgan fingerprint density at radius 1 is 1.03 bits per heavy atom. The number of rotatable bonds is 9. The lowest BCUT2D eigenvalue weighted by atomic mass is 9.73. The first-order valence-electron chi connectivity index (χ1n) is 11.5. The van der Waals surface area contributed by atoms with Gasteiger partial charge in [-0.2, -0.15) is 0 Å². The summed E-state index contributed by atoms with van der Waals surface area (Å²) >= 11 is 1.69. The van der Waals surface area contributed by atoms with E-state index in [1.54, 1.807) is 19.1 Å². The second kappa shape index (κ2) is 10.8. The van der Waals surface area contributed by atoms with E-state index in [4.69, 9.17) is 4.74 Å². The predicted molar refractivity (Wildman–Crippen MR) is 132 cm³/mol. The molecule has 2 N–H and O–H groups in total. The fourth-order valence-electron chi connectivity index (χ4n) is 4.54. The molecule has 170 valence electrons. The Morgan fingerprint density at radius 3 is 2.23 bits per heavy atom. The van der Waals surface area contributed by atoms with E-state index >= 15 is 0 Å². The number of nitrogens with one attached hydrogen (secondary N) is 1. The highest BCUT2D eigenvalue weighted by Crippen LogP contribution is 2.46. The van der Waals surface area contributed by atoms with Gasteiger partial charge < -0.3 is 14.7 Å². The number of aliphatic hydroxyl groups is 1. The van der Waals surface area contributed by atoms with Crippen LogP contribution in [0.3, 0.4) is 0 Å². The topological polar surface area (TPSA) is 44.7 Å². The van der Waals surface area contributed by atoms with Gasteiger partial charge in [0.1, 0.15) is 5.75 Å². The molecule has 31 heavy (non-hydrogen) atoms. The van der Waals surface area contributed by atoms with Crippen LogP contribution in [0, 0.1) is 0 Å². The molecule has 3 rings (SSSR count). The molecule has 0 spiro atoms. The largest absolute Gasteiger partial charge is 0.497 e. The SMILES string of the molecule is CCCCC1(CCCC)NSc2ccc(N(C)C)cc2[C@@H](c2ccc(OC)cc2)[C@H]1O. The molecular weight excluding hydrogens is 404 g/mol. The third-order valence-electron chi connectivity index (χ3n) is 6.52. The van der Waals surface area contributed by atoms with E-state index in [2.05, 4.69) is 67.9 Å². The summed E-state index contributed by atoms with van der Waals surface area (Å²) in [5, 5.41) is 12.0. The van der Waals surface area contributed by atoms with Crippen molar-refractivity contribution in [2.24, 2.45) is 0 Å². The number of hydrogen-bond acceptors (Lipinski definition) is 5. The second-order valence-electron chi connectivity index (χ2n) is 8.88. The summed E-state index contributed by atoms with van der Waals surface area (Å²) in [5.74, 6) is 0.738. The van der Waals surface area contributed by atoms with Gasteiger partial charge in [-0.25, -0.2) is 0 Å². The van der Waals surface area contributed by atoms with Gasteiger partial charge in [0.2, 0.25) is 0 Å². The summed E-state index contributed by atoms with van der Waals surface area (Å²) in [7, 11) is 5.82. The van der Waals surface area contributed by atoms with Crippen molar-refractivity contribution in [3.8, 4) is 5.75 Å². The lowest BCUT2D eigenvalue weighted by Gasteiger charge is -2.41. The number of aliphatic hydroxyl groups excluding tert-OH is 1. The molecular formula is C26H38N2O2S. The molecule has 0 aromatic heterocycles. The standard InChI is InChI=1S/C26H38N2O2S/c1-6-8-16-26(17-9-7-2)25(29)24(19-10-13-21(30-5)14-11-19)22-18-20(28(3)4)12-15-23(22)31-27-26/h10-15,18,24-25,27,29H,6-9,16-17H2,1-5H3/t24-,25-/m1/s1. The van der Waals surface area contributed by atoms with Crippen molar-refractivity contribution >= 4 is 17.6 Å². The summed E-state index contributed by atoms with van der Waals surface area (Å²) in [6, 6.07) is 14.8. The molecule has 1 aliphatic rings. The number of benzene rings is 2. The van der Waals surface area contributed by atoms with Gasteiger partial charge in [0.15, 0.2) is 0 Å². The van der Waals surface area contributed by atoms with Crippen LogP contribution < -0.4 is 14.4 Å². The van der Waals surface area contributed by atoms with Crippen LogP contribution in [0.25, 0.3) is 0 Å². The number of anilines is 1. The second-order valence-corrected chi connectivity index (χ2v) is 9.73. The third kappa shape index (κ3) is 5.21. The molecule has 0 saturated heterocycles. The Labute approximate surface area is 192 Å². The van der Waals surface area contributed by atoms with E-state index in [1.165, 1.54) is 10.5 Å². The first-order chi connectivity index (χ1) is 15.0. The first-order valence-corrected chi connectivity index (χ1v) is 12.3. The average Bonchev–Trinajstić information content (AvgIpc) is 2.90. The zero-order valence-electron chi connectivity index (χ0n) is 19.6. The normalized spacial score (nSPS) is 20.1. The summed E-state index contributed by atoms with van der Waals surface area (Å²) in [4.78, 5) is 3.32. The van der Waals surface area contributed by atoms with Crippen LogP contribution in [0.5, 0.6) is 5.75 Å². The Morgan fingerprint density at radius 2 is 1.68 bits per heavy atom. The summed E-state index contributed by atoms with van der Waals surface area (Å²) in [5.41, 5.74) is 3.15. The highest BCUT2D eigenvalue weighted by atomic mass is 32.2. The van der Waals surface area contributed by atoms with Gasteiger partial charge in [0.25, 0.3) is 0 Å². The number of nitrogens with zero attached hydrogens (tertiary/aromatic N) is 1. The molecule has 2 atom stereocenters. The highest BCUT2D eigenvalue weighted by molar-refractivity contribution is 7.97. The molecule has 1 aliphatic heterocycles. The number of hydrogen-bond donors (Lipinski definition) is 2. The molecule has 0 saturated carbocycles. The summed E-state index contributed by atoms with van der Waals surface area (Å²) < 4.78 is 9.16. The molecule has 2 aromatic carbocycles. The van der Waals surface area contributed by atoms with Crippen molar-refractivity contribution in [1.29, 1.82) is 0 Å². The number of fused-ring (bicyclic) bond motifs is 1. The van der Waals surface area contributed by atoms with E-state index in [9.17, 15) is 5.11 Å². The average molecular weight is 443 g/mol. The minimum atomic E-state index is -0.523. The van der Waals surface area contributed by atoms with Crippen molar-refractivity contribution in [3.63, 3.8) is 0 Å².